The number of anilines is 2. The van der Waals surface area contributed by atoms with E-state index in [9.17, 15) is 4.79 Å². The molecule has 1 aromatic carbocycles. The van der Waals surface area contributed by atoms with E-state index in [4.69, 9.17) is 5.73 Å². The molecule has 0 saturated heterocycles. The number of nitrogens with one attached hydrogen (secondary N) is 2. The van der Waals surface area contributed by atoms with Crippen LogP contribution in [0.25, 0.3) is 0 Å². The average molecular weight is 261 g/mol. The Morgan fingerprint density at radius 2 is 2.22 bits per heavy atom. The molecule has 1 aromatic heterocycles. The SMILES string of the molecule is CNC(=O)c1cccc(NCc2sccc2N)c1. The van der Waals surface area contributed by atoms with E-state index in [-0.39, 0.29) is 5.91 Å². The van der Waals surface area contributed by atoms with Crippen LogP contribution < -0.4 is 16.4 Å². The summed E-state index contributed by atoms with van der Waals surface area (Å²) in [7, 11) is 1.62. The van der Waals surface area contributed by atoms with Gasteiger partial charge in [-0.2, -0.15) is 0 Å². The molecule has 2 aromatic rings. The lowest BCUT2D eigenvalue weighted by Gasteiger charge is -2.07. The Bertz CT molecular complexity index is 551. The second-order valence-corrected chi connectivity index (χ2v) is 4.81. The van der Waals surface area contributed by atoms with Crippen molar-refractivity contribution >= 4 is 28.6 Å². The predicted octanol–water partition coefficient (Wildman–Crippen LogP) is 2.30. The van der Waals surface area contributed by atoms with Crippen LogP contribution in [-0.2, 0) is 6.54 Å². The van der Waals surface area contributed by atoms with E-state index in [0.717, 1.165) is 16.3 Å². The summed E-state index contributed by atoms with van der Waals surface area (Å²) in [5, 5.41) is 7.83. The Morgan fingerprint density at radius 3 is 2.89 bits per heavy atom. The topological polar surface area (TPSA) is 67.2 Å². The summed E-state index contributed by atoms with van der Waals surface area (Å²) in [5.41, 5.74) is 8.16. The van der Waals surface area contributed by atoms with Crippen LogP contribution >= 0.6 is 11.3 Å². The highest BCUT2D eigenvalue weighted by atomic mass is 32.1. The highest BCUT2D eigenvalue weighted by molar-refractivity contribution is 7.10. The van der Waals surface area contributed by atoms with Gasteiger partial charge in [0.05, 0.1) is 6.54 Å². The summed E-state index contributed by atoms with van der Waals surface area (Å²) >= 11 is 1.62. The van der Waals surface area contributed by atoms with Gasteiger partial charge in [0.25, 0.3) is 5.91 Å². The van der Waals surface area contributed by atoms with Gasteiger partial charge < -0.3 is 16.4 Å². The van der Waals surface area contributed by atoms with Crippen LogP contribution in [0.15, 0.2) is 35.7 Å². The molecule has 0 aliphatic carbocycles. The van der Waals surface area contributed by atoms with Crippen LogP contribution in [0, 0.1) is 0 Å². The third-order valence-electron chi connectivity index (χ3n) is 2.58. The highest BCUT2D eigenvalue weighted by Gasteiger charge is 2.04. The number of amides is 1. The Balaban J connectivity index is 2.06. The second-order valence-electron chi connectivity index (χ2n) is 3.81. The maximum atomic E-state index is 11.5. The van der Waals surface area contributed by atoms with Gasteiger partial charge in [-0.25, -0.2) is 0 Å². The lowest BCUT2D eigenvalue weighted by Crippen LogP contribution is -2.17. The maximum absolute atomic E-state index is 11.5. The minimum atomic E-state index is -0.0886. The summed E-state index contributed by atoms with van der Waals surface area (Å²) in [6.07, 6.45) is 0. The fourth-order valence-electron chi connectivity index (χ4n) is 1.59. The zero-order chi connectivity index (χ0) is 13.0. The van der Waals surface area contributed by atoms with E-state index in [1.165, 1.54) is 0 Å². The fourth-order valence-corrected chi connectivity index (χ4v) is 2.33. The number of nitrogen functional groups attached to an aromatic ring is 1. The quantitative estimate of drug-likeness (QED) is 0.791. The molecule has 0 spiro atoms. The standard InChI is InChI=1S/C13H15N3OS/c1-15-13(17)9-3-2-4-10(7-9)16-8-12-11(14)5-6-18-12/h2-7,16H,8,14H2,1H3,(H,15,17). The molecule has 4 N–H and O–H groups in total. The molecular formula is C13H15N3OS. The highest BCUT2D eigenvalue weighted by Crippen LogP contribution is 2.20. The zero-order valence-corrected chi connectivity index (χ0v) is 10.9. The van der Waals surface area contributed by atoms with Crippen molar-refractivity contribution in [2.75, 3.05) is 18.1 Å². The van der Waals surface area contributed by atoms with Gasteiger partial charge in [-0.3, -0.25) is 4.79 Å². The number of benzene rings is 1. The average Bonchev–Trinajstić information content (AvgIpc) is 2.81. The van der Waals surface area contributed by atoms with Crippen molar-refractivity contribution in [2.24, 2.45) is 0 Å². The molecule has 2 rings (SSSR count). The van der Waals surface area contributed by atoms with E-state index in [1.807, 2.05) is 29.6 Å². The molecule has 0 fully saturated rings. The molecular weight excluding hydrogens is 246 g/mol. The Kier molecular flexibility index (Phi) is 3.84. The number of hydrogen-bond acceptors (Lipinski definition) is 4. The molecule has 1 amide bonds. The number of thiophene rings is 1. The normalized spacial score (nSPS) is 10.1. The first-order valence-corrected chi connectivity index (χ1v) is 6.46. The van der Waals surface area contributed by atoms with Crippen molar-refractivity contribution < 1.29 is 4.79 Å². The zero-order valence-electron chi connectivity index (χ0n) is 10.1. The largest absolute Gasteiger partial charge is 0.398 e. The maximum Gasteiger partial charge on any atom is 0.251 e. The first-order valence-electron chi connectivity index (χ1n) is 5.58. The van der Waals surface area contributed by atoms with Crippen LogP contribution in [0.3, 0.4) is 0 Å². The minimum Gasteiger partial charge on any atom is -0.398 e. The lowest BCUT2D eigenvalue weighted by atomic mass is 10.2. The number of carbonyl (C=O) groups is 1. The molecule has 94 valence electrons. The van der Waals surface area contributed by atoms with Crippen LogP contribution in [0.1, 0.15) is 15.2 Å². The Morgan fingerprint density at radius 1 is 1.39 bits per heavy atom. The monoisotopic (exact) mass is 261 g/mol. The molecule has 18 heavy (non-hydrogen) atoms. The van der Waals surface area contributed by atoms with E-state index in [1.54, 1.807) is 24.5 Å². The van der Waals surface area contributed by atoms with Crippen LogP contribution in [0.5, 0.6) is 0 Å². The number of hydrogen-bond donors (Lipinski definition) is 3. The molecule has 0 aliphatic heterocycles. The van der Waals surface area contributed by atoms with E-state index >= 15 is 0 Å². The van der Waals surface area contributed by atoms with Gasteiger partial charge in [-0.1, -0.05) is 6.07 Å². The molecule has 4 nitrogen and oxygen atoms in total. The third-order valence-corrected chi connectivity index (χ3v) is 3.52. The summed E-state index contributed by atoms with van der Waals surface area (Å²) in [4.78, 5) is 12.6. The molecule has 0 atom stereocenters. The minimum absolute atomic E-state index is 0.0886. The summed E-state index contributed by atoms with van der Waals surface area (Å²) in [6, 6.07) is 9.27. The van der Waals surface area contributed by atoms with Gasteiger partial charge in [-0.05, 0) is 29.6 Å². The molecule has 0 aliphatic rings. The van der Waals surface area contributed by atoms with Crippen LogP contribution in [-0.4, -0.2) is 13.0 Å². The van der Waals surface area contributed by atoms with Crippen LogP contribution in [0.2, 0.25) is 0 Å². The predicted molar refractivity (Wildman–Crippen MR) is 75.9 cm³/mol. The van der Waals surface area contributed by atoms with Crippen molar-refractivity contribution in [3.63, 3.8) is 0 Å². The molecule has 0 bridgehead atoms. The number of carbonyl (C=O) groups excluding carboxylic acids is 1. The van der Waals surface area contributed by atoms with Gasteiger partial charge in [0.15, 0.2) is 0 Å². The van der Waals surface area contributed by atoms with E-state index in [2.05, 4.69) is 10.6 Å². The van der Waals surface area contributed by atoms with E-state index in [0.29, 0.717) is 12.1 Å². The smallest absolute Gasteiger partial charge is 0.251 e. The third kappa shape index (κ3) is 2.81. The van der Waals surface area contributed by atoms with Gasteiger partial charge in [0.2, 0.25) is 0 Å². The van der Waals surface area contributed by atoms with Gasteiger partial charge >= 0.3 is 0 Å². The lowest BCUT2D eigenvalue weighted by molar-refractivity contribution is 0.0963. The van der Waals surface area contributed by atoms with Crippen molar-refractivity contribution in [2.45, 2.75) is 6.54 Å². The summed E-state index contributed by atoms with van der Waals surface area (Å²) in [5.74, 6) is -0.0886. The Labute approximate surface area is 110 Å². The molecule has 5 heteroatoms. The van der Waals surface area contributed by atoms with Crippen molar-refractivity contribution in [1.82, 2.24) is 5.32 Å². The van der Waals surface area contributed by atoms with Crippen LogP contribution in [0.4, 0.5) is 11.4 Å². The van der Waals surface area contributed by atoms with Crippen molar-refractivity contribution in [1.29, 1.82) is 0 Å². The van der Waals surface area contributed by atoms with Gasteiger partial charge in [0, 0.05) is 28.9 Å². The van der Waals surface area contributed by atoms with Crippen molar-refractivity contribution in [3.8, 4) is 0 Å². The summed E-state index contributed by atoms with van der Waals surface area (Å²) in [6.45, 7) is 0.667. The number of rotatable bonds is 4. The second kappa shape index (κ2) is 5.55. The summed E-state index contributed by atoms with van der Waals surface area (Å²) < 4.78 is 0. The van der Waals surface area contributed by atoms with Gasteiger partial charge in [0.1, 0.15) is 0 Å². The van der Waals surface area contributed by atoms with Gasteiger partial charge in [-0.15, -0.1) is 11.3 Å². The molecule has 1 heterocycles. The molecule has 0 radical (unpaired) electrons. The van der Waals surface area contributed by atoms with Crippen molar-refractivity contribution in [3.05, 3.63) is 46.2 Å². The first kappa shape index (κ1) is 12.4. The molecule has 0 saturated carbocycles. The number of nitrogens with two attached hydrogens (primary N) is 1. The van der Waals surface area contributed by atoms with E-state index < -0.39 is 0 Å². The fraction of sp³-hybridized carbons (Fsp3) is 0.154. The Hall–Kier alpha value is -2.01. The molecule has 0 unspecified atom stereocenters. The first-order chi connectivity index (χ1) is 8.70.